The fourth-order valence-electron chi connectivity index (χ4n) is 1.51. The molecule has 78 valence electrons. The molecule has 0 aliphatic heterocycles. The van der Waals surface area contributed by atoms with Crippen LogP contribution in [-0.4, -0.2) is 28.0 Å². The lowest BCUT2D eigenvalue weighted by molar-refractivity contribution is 0.0663. The zero-order chi connectivity index (χ0) is 10.1. The lowest BCUT2D eigenvalue weighted by atomic mass is 10.2. The van der Waals surface area contributed by atoms with Crippen LogP contribution in [0.25, 0.3) is 0 Å². The Morgan fingerprint density at radius 1 is 1.71 bits per heavy atom. The van der Waals surface area contributed by atoms with Crippen LogP contribution in [0.1, 0.15) is 12.8 Å². The summed E-state index contributed by atoms with van der Waals surface area (Å²) in [5, 5.41) is 4.06. The van der Waals surface area contributed by atoms with Crippen LogP contribution >= 0.6 is 15.9 Å². The Hall–Kier alpha value is -0.620. The highest BCUT2D eigenvalue weighted by molar-refractivity contribution is 9.10. The molecule has 0 radical (unpaired) electrons. The van der Waals surface area contributed by atoms with Crippen LogP contribution in [0, 0.1) is 5.92 Å². The molecule has 1 aliphatic rings. The number of aromatic nitrogens is 3. The second-order valence-electron chi connectivity index (χ2n) is 3.53. The maximum atomic E-state index is 5.47. The molecule has 1 heterocycles. The van der Waals surface area contributed by atoms with Gasteiger partial charge < -0.3 is 10.5 Å². The zero-order valence-electron chi connectivity index (χ0n) is 7.98. The normalized spacial score (nSPS) is 18.4. The van der Waals surface area contributed by atoms with Gasteiger partial charge in [-0.1, -0.05) is 0 Å². The average Bonchev–Trinajstić information content (AvgIpc) is 2.91. The van der Waals surface area contributed by atoms with Gasteiger partial charge in [-0.3, -0.25) is 0 Å². The fourth-order valence-corrected chi connectivity index (χ4v) is 1.92. The molecule has 2 rings (SSSR count). The Kier molecular flexibility index (Phi) is 2.73. The molecule has 0 saturated heterocycles. The van der Waals surface area contributed by atoms with E-state index in [0.29, 0.717) is 23.1 Å². The van der Waals surface area contributed by atoms with Crippen molar-refractivity contribution < 1.29 is 4.74 Å². The molecule has 1 aromatic heterocycles. The quantitative estimate of drug-likeness (QED) is 0.879. The minimum absolute atomic E-state index is 0.229. The second kappa shape index (κ2) is 3.86. The molecular weight excluding hydrogens is 248 g/mol. The number of hydrogen-bond acceptors (Lipinski definition) is 4. The Bertz CT molecular complexity index is 323. The number of nitrogens with two attached hydrogens (primary N) is 1. The summed E-state index contributed by atoms with van der Waals surface area (Å²) in [7, 11) is 1.73. The maximum Gasteiger partial charge on any atom is 0.240 e. The Balaban J connectivity index is 2.04. The summed E-state index contributed by atoms with van der Waals surface area (Å²) in [5.41, 5.74) is 5.47. The van der Waals surface area contributed by atoms with E-state index >= 15 is 0 Å². The number of nitrogens with zero attached hydrogens (tertiary/aromatic N) is 3. The summed E-state index contributed by atoms with van der Waals surface area (Å²) >= 11 is 3.30. The Morgan fingerprint density at radius 3 is 2.86 bits per heavy atom. The molecule has 1 fully saturated rings. The van der Waals surface area contributed by atoms with Gasteiger partial charge in [0.2, 0.25) is 5.95 Å². The van der Waals surface area contributed by atoms with Crippen molar-refractivity contribution in [2.45, 2.75) is 25.5 Å². The van der Waals surface area contributed by atoms with E-state index in [-0.39, 0.29) is 6.10 Å². The predicted molar refractivity (Wildman–Crippen MR) is 55.7 cm³/mol. The summed E-state index contributed by atoms with van der Waals surface area (Å²) < 4.78 is 7.79. The minimum atomic E-state index is 0.229. The highest BCUT2D eigenvalue weighted by Crippen LogP contribution is 2.34. The largest absolute Gasteiger partial charge is 0.379 e. The first-order valence-corrected chi connectivity index (χ1v) is 5.38. The third kappa shape index (κ3) is 2.06. The van der Waals surface area contributed by atoms with E-state index in [1.165, 1.54) is 12.8 Å². The third-order valence-electron chi connectivity index (χ3n) is 2.45. The standard InChI is InChI=1S/C8H13BrN4O/c1-14-6(5-2-3-5)4-13-7(9)11-8(10)12-13/h5-6H,2-4H2,1H3,(H2,10,12). The first kappa shape index (κ1) is 9.92. The van der Waals surface area contributed by atoms with Crippen molar-refractivity contribution >= 4 is 21.9 Å². The summed E-state index contributed by atoms with van der Waals surface area (Å²) in [5.74, 6) is 0.972. The molecule has 1 saturated carbocycles. The van der Waals surface area contributed by atoms with Crippen LogP contribution in [-0.2, 0) is 11.3 Å². The molecule has 0 aromatic carbocycles. The first-order valence-electron chi connectivity index (χ1n) is 4.59. The smallest absolute Gasteiger partial charge is 0.240 e. The van der Waals surface area contributed by atoms with Gasteiger partial charge in [-0.15, -0.1) is 5.10 Å². The Morgan fingerprint density at radius 2 is 2.43 bits per heavy atom. The number of nitrogen functional groups attached to an aromatic ring is 1. The summed E-state index contributed by atoms with van der Waals surface area (Å²) in [6, 6.07) is 0. The fraction of sp³-hybridized carbons (Fsp3) is 0.750. The molecule has 1 aromatic rings. The topological polar surface area (TPSA) is 66.0 Å². The highest BCUT2D eigenvalue weighted by Gasteiger charge is 2.32. The molecule has 5 nitrogen and oxygen atoms in total. The van der Waals surface area contributed by atoms with Crippen molar-refractivity contribution in [3.63, 3.8) is 0 Å². The summed E-state index contributed by atoms with van der Waals surface area (Å²) in [6.45, 7) is 0.714. The van der Waals surface area contributed by atoms with E-state index in [1.54, 1.807) is 11.8 Å². The van der Waals surface area contributed by atoms with Gasteiger partial charge in [-0.05, 0) is 34.7 Å². The molecule has 1 aliphatic carbocycles. The number of methoxy groups -OCH3 is 1. The van der Waals surface area contributed by atoms with Gasteiger partial charge >= 0.3 is 0 Å². The van der Waals surface area contributed by atoms with E-state index in [0.717, 1.165) is 0 Å². The van der Waals surface area contributed by atoms with Crippen LogP contribution in [0.4, 0.5) is 5.95 Å². The van der Waals surface area contributed by atoms with Gasteiger partial charge in [-0.2, -0.15) is 4.98 Å². The van der Waals surface area contributed by atoms with Gasteiger partial charge in [0.1, 0.15) is 0 Å². The number of ether oxygens (including phenoxy) is 1. The van der Waals surface area contributed by atoms with Crippen molar-refractivity contribution in [2.75, 3.05) is 12.8 Å². The number of rotatable bonds is 4. The average molecular weight is 261 g/mol. The molecule has 2 N–H and O–H groups in total. The minimum Gasteiger partial charge on any atom is -0.379 e. The van der Waals surface area contributed by atoms with Gasteiger partial charge in [0, 0.05) is 7.11 Å². The maximum absolute atomic E-state index is 5.47. The molecule has 1 unspecified atom stereocenters. The van der Waals surface area contributed by atoms with Crippen molar-refractivity contribution in [1.82, 2.24) is 14.8 Å². The third-order valence-corrected chi connectivity index (χ3v) is 3.03. The summed E-state index contributed by atoms with van der Waals surface area (Å²) in [6.07, 6.45) is 2.73. The predicted octanol–water partition coefficient (Wildman–Crippen LogP) is 1.05. The van der Waals surface area contributed by atoms with E-state index in [1.807, 2.05) is 0 Å². The number of anilines is 1. The summed E-state index contributed by atoms with van der Waals surface area (Å²) in [4.78, 5) is 3.97. The number of halogens is 1. The van der Waals surface area contributed by atoms with E-state index in [4.69, 9.17) is 10.5 Å². The van der Waals surface area contributed by atoms with Crippen LogP contribution in [0.5, 0.6) is 0 Å². The lowest BCUT2D eigenvalue weighted by Crippen LogP contribution is -2.21. The van der Waals surface area contributed by atoms with E-state index in [9.17, 15) is 0 Å². The van der Waals surface area contributed by atoms with Crippen LogP contribution < -0.4 is 5.73 Å². The van der Waals surface area contributed by atoms with Gasteiger partial charge in [0.25, 0.3) is 0 Å². The molecule has 0 amide bonds. The van der Waals surface area contributed by atoms with Crippen molar-refractivity contribution in [2.24, 2.45) is 5.92 Å². The van der Waals surface area contributed by atoms with Gasteiger partial charge in [0.15, 0.2) is 4.73 Å². The van der Waals surface area contributed by atoms with E-state index < -0.39 is 0 Å². The Labute approximate surface area is 90.8 Å². The highest BCUT2D eigenvalue weighted by atomic mass is 79.9. The molecule has 0 bridgehead atoms. The van der Waals surface area contributed by atoms with Crippen molar-refractivity contribution in [1.29, 1.82) is 0 Å². The molecule has 6 heteroatoms. The SMILES string of the molecule is COC(Cn1nc(N)nc1Br)C1CC1. The number of hydrogen-bond donors (Lipinski definition) is 1. The van der Waals surface area contributed by atoms with Gasteiger partial charge in [-0.25, -0.2) is 4.68 Å². The van der Waals surface area contributed by atoms with Crippen molar-refractivity contribution in [3.05, 3.63) is 4.73 Å². The monoisotopic (exact) mass is 260 g/mol. The van der Waals surface area contributed by atoms with Crippen LogP contribution in [0.3, 0.4) is 0 Å². The van der Waals surface area contributed by atoms with Crippen LogP contribution in [0.2, 0.25) is 0 Å². The van der Waals surface area contributed by atoms with Crippen LogP contribution in [0.15, 0.2) is 4.73 Å². The van der Waals surface area contributed by atoms with E-state index in [2.05, 4.69) is 26.0 Å². The zero-order valence-corrected chi connectivity index (χ0v) is 9.57. The molecule has 1 atom stereocenters. The second-order valence-corrected chi connectivity index (χ2v) is 4.24. The van der Waals surface area contributed by atoms with Gasteiger partial charge in [0.05, 0.1) is 12.6 Å². The first-order chi connectivity index (χ1) is 6.70. The lowest BCUT2D eigenvalue weighted by Gasteiger charge is -2.13. The molecular formula is C8H13BrN4O. The molecule has 0 spiro atoms. The van der Waals surface area contributed by atoms with Crippen molar-refractivity contribution in [3.8, 4) is 0 Å². The molecule has 14 heavy (non-hydrogen) atoms.